The molecular weight excluding hydrogens is 288 g/mol. The molecule has 2 heteroatoms. The van der Waals surface area contributed by atoms with Crippen molar-refractivity contribution in [2.75, 3.05) is 0 Å². The summed E-state index contributed by atoms with van der Waals surface area (Å²) in [5, 5.41) is 10.3. The summed E-state index contributed by atoms with van der Waals surface area (Å²) >= 11 is 3.53. The second kappa shape index (κ2) is 7.96. The molecule has 18 heavy (non-hydrogen) atoms. The molecule has 0 heterocycles. The molecule has 1 aromatic rings. The van der Waals surface area contributed by atoms with Crippen LogP contribution in [0.5, 0.6) is 0 Å². The fourth-order valence-corrected chi connectivity index (χ4v) is 2.65. The molecule has 1 N–H and O–H groups in total. The summed E-state index contributed by atoms with van der Waals surface area (Å²) in [4.78, 5) is 0. The molecule has 0 aliphatic rings. The quantitative estimate of drug-likeness (QED) is 0.715. The third-order valence-corrected chi connectivity index (χ3v) is 4.53. The summed E-state index contributed by atoms with van der Waals surface area (Å²) in [5.41, 5.74) is 2.24. The van der Waals surface area contributed by atoms with E-state index in [0.717, 1.165) is 22.9 Å². The van der Waals surface area contributed by atoms with Gasteiger partial charge in [0, 0.05) is 4.47 Å². The zero-order valence-corrected chi connectivity index (χ0v) is 13.3. The van der Waals surface area contributed by atoms with Crippen LogP contribution in [-0.4, -0.2) is 5.11 Å². The molecule has 0 aliphatic heterocycles. The third-order valence-electron chi connectivity index (χ3n) is 3.68. The number of aryl methyl sites for hydroxylation is 1. The molecule has 0 aromatic heterocycles. The maximum Gasteiger partial charge on any atom is 0.0793 e. The fraction of sp³-hybridized carbons (Fsp3) is 0.625. The summed E-state index contributed by atoms with van der Waals surface area (Å²) < 4.78 is 1.08. The molecule has 2 unspecified atom stereocenters. The van der Waals surface area contributed by atoms with E-state index in [1.807, 2.05) is 12.1 Å². The van der Waals surface area contributed by atoms with Crippen LogP contribution in [0.2, 0.25) is 0 Å². The highest BCUT2D eigenvalue weighted by molar-refractivity contribution is 9.10. The zero-order chi connectivity index (χ0) is 13.5. The van der Waals surface area contributed by atoms with Gasteiger partial charge in [-0.25, -0.2) is 0 Å². The first-order chi connectivity index (χ1) is 8.58. The van der Waals surface area contributed by atoms with Gasteiger partial charge in [-0.2, -0.15) is 0 Å². The molecule has 0 aliphatic carbocycles. The summed E-state index contributed by atoms with van der Waals surface area (Å²) in [7, 11) is 0. The van der Waals surface area contributed by atoms with Crippen molar-refractivity contribution in [3.63, 3.8) is 0 Å². The minimum atomic E-state index is -0.330. The van der Waals surface area contributed by atoms with E-state index in [2.05, 4.69) is 42.8 Å². The molecule has 2 atom stereocenters. The van der Waals surface area contributed by atoms with Crippen molar-refractivity contribution in [2.45, 2.75) is 59.0 Å². The lowest BCUT2D eigenvalue weighted by Gasteiger charge is -2.19. The van der Waals surface area contributed by atoms with E-state index in [4.69, 9.17) is 0 Å². The summed E-state index contributed by atoms with van der Waals surface area (Å²) in [5.74, 6) is 0.639. The molecule has 0 fully saturated rings. The lowest BCUT2D eigenvalue weighted by molar-refractivity contribution is 0.139. The number of hydrogen-bond acceptors (Lipinski definition) is 1. The highest BCUT2D eigenvalue weighted by Gasteiger charge is 2.15. The number of rotatable bonds is 7. The number of hydrogen-bond donors (Lipinski definition) is 1. The number of aliphatic hydroxyl groups is 1. The van der Waals surface area contributed by atoms with Gasteiger partial charge in [0.25, 0.3) is 0 Å². The topological polar surface area (TPSA) is 20.2 Å². The van der Waals surface area contributed by atoms with Crippen LogP contribution in [0.4, 0.5) is 0 Å². The largest absolute Gasteiger partial charge is 0.388 e. The van der Waals surface area contributed by atoms with Crippen molar-refractivity contribution in [1.82, 2.24) is 0 Å². The van der Waals surface area contributed by atoms with Crippen LogP contribution in [-0.2, 0) is 0 Å². The Morgan fingerprint density at radius 1 is 1.28 bits per heavy atom. The van der Waals surface area contributed by atoms with Gasteiger partial charge in [0.1, 0.15) is 0 Å². The Kier molecular flexibility index (Phi) is 6.95. The third kappa shape index (κ3) is 4.74. The Morgan fingerprint density at radius 3 is 2.56 bits per heavy atom. The predicted octanol–water partition coefficient (Wildman–Crippen LogP) is 5.40. The maximum atomic E-state index is 10.3. The van der Waals surface area contributed by atoms with E-state index in [-0.39, 0.29) is 6.10 Å². The molecule has 1 rings (SSSR count). The van der Waals surface area contributed by atoms with Crippen molar-refractivity contribution in [3.05, 3.63) is 33.8 Å². The zero-order valence-electron chi connectivity index (χ0n) is 11.7. The second-order valence-electron chi connectivity index (χ2n) is 5.18. The monoisotopic (exact) mass is 312 g/mol. The summed E-state index contributed by atoms with van der Waals surface area (Å²) in [6, 6.07) is 6.15. The molecule has 0 amide bonds. The normalized spacial score (nSPS) is 14.5. The molecule has 0 radical (unpaired) electrons. The lowest BCUT2D eigenvalue weighted by atomic mass is 9.90. The van der Waals surface area contributed by atoms with Crippen LogP contribution in [0, 0.1) is 12.8 Å². The first-order valence-electron chi connectivity index (χ1n) is 7.02. The Hall–Kier alpha value is -0.340. The fourth-order valence-electron chi connectivity index (χ4n) is 2.25. The maximum absolute atomic E-state index is 10.3. The van der Waals surface area contributed by atoms with Crippen molar-refractivity contribution in [1.29, 1.82) is 0 Å². The molecule has 0 saturated carbocycles. The van der Waals surface area contributed by atoms with E-state index in [1.165, 1.54) is 24.8 Å². The Morgan fingerprint density at radius 2 is 2.00 bits per heavy atom. The van der Waals surface area contributed by atoms with Gasteiger partial charge in [0.2, 0.25) is 0 Å². The SMILES string of the molecule is CCCCC(CC)CC(O)c1ccc(C)c(Br)c1. The van der Waals surface area contributed by atoms with Crippen LogP contribution in [0.1, 0.15) is 63.2 Å². The standard InChI is InChI=1S/C16H25BrO/c1-4-6-7-13(5-2)10-16(18)14-9-8-12(3)15(17)11-14/h8-9,11,13,16,18H,4-7,10H2,1-3H3. The lowest BCUT2D eigenvalue weighted by Crippen LogP contribution is -2.07. The predicted molar refractivity (Wildman–Crippen MR) is 81.8 cm³/mol. The van der Waals surface area contributed by atoms with Crippen molar-refractivity contribution < 1.29 is 5.11 Å². The van der Waals surface area contributed by atoms with E-state index in [1.54, 1.807) is 0 Å². The average molecular weight is 313 g/mol. The van der Waals surface area contributed by atoms with Crippen LogP contribution in [0.25, 0.3) is 0 Å². The minimum Gasteiger partial charge on any atom is -0.388 e. The van der Waals surface area contributed by atoms with Crippen LogP contribution in [0.15, 0.2) is 22.7 Å². The molecule has 102 valence electrons. The molecule has 0 bridgehead atoms. The van der Waals surface area contributed by atoms with Gasteiger partial charge in [-0.05, 0) is 36.5 Å². The second-order valence-corrected chi connectivity index (χ2v) is 6.03. The van der Waals surface area contributed by atoms with Gasteiger partial charge < -0.3 is 5.11 Å². The van der Waals surface area contributed by atoms with E-state index >= 15 is 0 Å². The van der Waals surface area contributed by atoms with Crippen LogP contribution in [0.3, 0.4) is 0 Å². The van der Waals surface area contributed by atoms with E-state index < -0.39 is 0 Å². The van der Waals surface area contributed by atoms with Crippen molar-refractivity contribution in [2.24, 2.45) is 5.92 Å². The van der Waals surface area contributed by atoms with Gasteiger partial charge in [0.05, 0.1) is 6.10 Å². The summed E-state index contributed by atoms with van der Waals surface area (Å²) in [6.45, 7) is 6.51. The molecular formula is C16H25BrO. The molecule has 0 saturated heterocycles. The number of halogens is 1. The van der Waals surface area contributed by atoms with Gasteiger partial charge >= 0.3 is 0 Å². The molecule has 1 nitrogen and oxygen atoms in total. The van der Waals surface area contributed by atoms with Crippen molar-refractivity contribution in [3.8, 4) is 0 Å². The Balaban J connectivity index is 2.62. The van der Waals surface area contributed by atoms with Gasteiger partial charge in [0.15, 0.2) is 0 Å². The highest BCUT2D eigenvalue weighted by atomic mass is 79.9. The number of aliphatic hydroxyl groups excluding tert-OH is 1. The first kappa shape index (κ1) is 15.7. The van der Waals surface area contributed by atoms with E-state index in [0.29, 0.717) is 5.92 Å². The van der Waals surface area contributed by atoms with Gasteiger partial charge in [-0.15, -0.1) is 0 Å². The molecule has 1 aromatic carbocycles. The average Bonchev–Trinajstić information content (AvgIpc) is 2.37. The first-order valence-corrected chi connectivity index (χ1v) is 7.81. The van der Waals surface area contributed by atoms with Gasteiger partial charge in [-0.1, -0.05) is 67.6 Å². The highest BCUT2D eigenvalue weighted by Crippen LogP contribution is 2.29. The summed E-state index contributed by atoms with van der Waals surface area (Å²) in [6.07, 6.45) is 5.45. The van der Waals surface area contributed by atoms with Crippen LogP contribution < -0.4 is 0 Å². The smallest absolute Gasteiger partial charge is 0.0793 e. The number of benzene rings is 1. The van der Waals surface area contributed by atoms with E-state index in [9.17, 15) is 5.11 Å². The Labute approximate surface area is 120 Å². The van der Waals surface area contributed by atoms with Crippen molar-refractivity contribution >= 4 is 15.9 Å². The molecule has 0 spiro atoms. The number of unbranched alkanes of at least 4 members (excludes halogenated alkanes) is 1. The van der Waals surface area contributed by atoms with Crippen LogP contribution >= 0.6 is 15.9 Å². The Bertz CT molecular complexity index is 362. The minimum absolute atomic E-state index is 0.330. The van der Waals surface area contributed by atoms with Gasteiger partial charge in [-0.3, -0.25) is 0 Å².